The molecular formula is C24H27N3O4. The van der Waals surface area contributed by atoms with Crippen LogP contribution < -0.4 is 10.1 Å². The lowest BCUT2D eigenvalue weighted by atomic mass is 10.0. The summed E-state index contributed by atoms with van der Waals surface area (Å²) in [6.45, 7) is 4.53. The van der Waals surface area contributed by atoms with E-state index in [1.807, 2.05) is 54.9 Å². The molecule has 1 amide bonds. The molecule has 1 heterocycles. The minimum absolute atomic E-state index is 0.0278. The van der Waals surface area contributed by atoms with E-state index in [4.69, 9.17) is 9.47 Å². The first-order valence-corrected chi connectivity index (χ1v) is 10.0. The van der Waals surface area contributed by atoms with Crippen LogP contribution in [-0.4, -0.2) is 35.9 Å². The van der Waals surface area contributed by atoms with Crippen molar-refractivity contribution in [3.05, 3.63) is 82.7 Å². The number of benzene rings is 2. The summed E-state index contributed by atoms with van der Waals surface area (Å²) in [6.07, 6.45) is 0.0278. The standard InChI is InChI=1S/C24H27N3O4/c1-16-12-17(2)27(26-16)15-18-6-5-7-20(13-18)24(29)25-22(14-23(28)31-4)19-8-10-21(30-3)11-9-19/h5-13,22H,14-15H2,1-4H3,(H,25,29). The van der Waals surface area contributed by atoms with Gasteiger partial charge in [-0.05, 0) is 55.3 Å². The molecule has 2 aromatic carbocycles. The number of carbonyl (C=O) groups is 2. The van der Waals surface area contributed by atoms with E-state index in [0.29, 0.717) is 17.9 Å². The summed E-state index contributed by atoms with van der Waals surface area (Å²) in [5, 5.41) is 7.43. The van der Waals surface area contributed by atoms with Gasteiger partial charge in [0.15, 0.2) is 0 Å². The molecule has 0 saturated heterocycles. The molecule has 7 heteroatoms. The van der Waals surface area contributed by atoms with Crippen molar-refractivity contribution in [2.75, 3.05) is 14.2 Å². The maximum absolute atomic E-state index is 13.0. The Morgan fingerprint density at radius 1 is 1.06 bits per heavy atom. The number of aryl methyl sites for hydroxylation is 2. The Hall–Kier alpha value is -3.61. The van der Waals surface area contributed by atoms with Crippen molar-refractivity contribution in [2.45, 2.75) is 32.9 Å². The van der Waals surface area contributed by atoms with E-state index in [0.717, 1.165) is 22.5 Å². The monoisotopic (exact) mass is 421 g/mol. The maximum atomic E-state index is 13.0. The molecule has 0 spiro atoms. The molecule has 0 aliphatic heterocycles. The van der Waals surface area contributed by atoms with E-state index in [1.54, 1.807) is 25.3 Å². The summed E-state index contributed by atoms with van der Waals surface area (Å²) in [6, 6.07) is 16.1. The van der Waals surface area contributed by atoms with Crippen LogP contribution in [0.5, 0.6) is 5.75 Å². The molecule has 3 aromatic rings. The molecule has 7 nitrogen and oxygen atoms in total. The third-order valence-corrected chi connectivity index (χ3v) is 5.05. The normalized spacial score (nSPS) is 11.6. The number of ether oxygens (including phenoxy) is 2. The lowest BCUT2D eigenvalue weighted by Gasteiger charge is -2.19. The highest BCUT2D eigenvalue weighted by molar-refractivity contribution is 5.94. The summed E-state index contributed by atoms with van der Waals surface area (Å²) in [5.41, 5.74) is 4.29. The van der Waals surface area contributed by atoms with Gasteiger partial charge in [0.1, 0.15) is 5.75 Å². The average molecular weight is 421 g/mol. The summed E-state index contributed by atoms with van der Waals surface area (Å²) < 4.78 is 11.9. The number of methoxy groups -OCH3 is 2. The van der Waals surface area contributed by atoms with Crippen molar-refractivity contribution < 1.29 is 19.1 Å². The highest BCUT2D eigenvalue weighted by atomic mass is 16.5. The van der Waals surface area contributed by atoms with Gasteiger partial charge in [0.2, 0.25) is 0 Å². The van der Waals surface area contributed by atoms with Crippen molar-refractivity contribution in [3.63, 3.8) is 0 Å². The van der Waals surface area contributed by atoms with E-state index in [1.165, 1.54) is 7.11 Å². The number of hydrogen-bond donors (Lipinski definition) is 1. The number of esters is 1. The van der Waals surface area contributed by atoms with Gasteiger partial charge in [-0.1, -0.05) is 24.3 Å². The van der Waals surface area contributed by atoms with Gasteiger partial charge in [0.25, 0.3) is 5.91 Å². The highest BCUT2D eigenvalue weighted by Crippen LogP contribution is 2.22. The Morgan fingerprint density at radius 2 is 1.81 bits per heavy atom. The van der Waals surface area contributed by atoms with Crippen LogP contribution in [0.25, 0.3) is 0 Å². The van der Waals surface area contributed by atoms with Gasteiger partial charge in [0.05, 0.1) is 38.9 Å². The second kappa shape index (κ2) is 9.93. The van der Waals surface area contributed by atoms with Gasteiger partial charge in [0, 0.05) is 11.3 Å². The van der Waals surface area contributed by atoms with Gasteiger partial charge < -0.3 is 14.8 Å². The van der Waals surface area contributed by atoms with Crippen LogP contribution in [0.2, 0.25) is 0 Å². The van der Waals surface area contributed by atoms with Crippen LogP contribution in [0, 0.1) is 13.8 Å². The summed E-state index contributed by atoms with van der Waals surface area (Å²) in [4.78, 5) is 24.9. The van der Waals surface area contributed by atoms with Crippen LogP contribution in [0.15, 0.2) is 54.6 Å². The minimum Gasteiger partial charge on any atom is -0.497 e. The van der Waals surface area contributed by atoms with Gasteiger partial charge in [-0.3, -0.25) is 14.3 Å². The molecule has 3 rings (SSSR count). The molecule has 0 fully saturated rings. The van der Waals surface area contributed by atoms with Crippen LogP contribution in [0.1, 0.15) is 45.3 Å². The first-order chi connectivity index (χ1) is 14.9. The molecule has 1 N–H and O–H groups in total. The fraction of sp³-hybridized carbons (Fsp3) is 0.292. The largest absolute Gasteiger partial charge is 0.497 e. The van der Waals surface area contributed by atoms with Crippen LogP contribution in [0.4, 0.5) is 0 Å². The van der Waals surface area contributed by atoms with E-state index in [-0.39, 0.29) is 12.3 Å². The van der Waals surface area contributed by atoms with Crippen molar-refractivity contribution in [1.82, 2.24) is 15.1 Å². The van der Waals surface area contributed by atoms with E-state index in [2.05, 4.69) is 10.4 Å². The number of rotatable bonds is 8. The Labute approximate surface area is 182 Å². The molecule has 0 radical (unpaired) electrons. The smallest absolute Gasteiger partial charge is 0.307 e. The molecule has 1 aromatic heterocycles. The zero-order valence-electron chi connectivity index (χ0n) is 18.2. The molecule has 1 unspecified atom stereocenters. The first kappa shape index (κ1) is 22.1. The van der Waals surface area contributed by atoms with Gasteiger partial charge >= 0.3 is 5.97 Å². The molecule has 162 valence electrons. The minimum atomic E-state index is -0.523. The average Bonchev–Trinajstić information content (AvgIpc) is 3.09. The summed E-state index contributed by atoms with van der Waals surface area (Å²) in [5.74, 6) is 0.0306. The lowest BCUT2D eigenvalue weighted by Crippen LogP contribution is -2.30. The van der Waals surface area contributed by atoms with Crippen LogP contribution in [-0.2, 0) is 16.1 Å². The highest BCUT2D eigenvalue weighted by Gasteiger charge is 2.20. The Morgan fingerprint density at radius 3 is 2.42 bits per heavy atom. The van der Waals surface area contributed by atoms with Gasteiger partial charge in [-0.2, -0.15) is 5.10 Å². The number of hydrogen-bond acceptors (Lipinski definition) is 5. The van der Waals surface area contributed by atoms with E-state index >= 15 is 0 Å². The van der Waals surface area contributed by atoms with Crippen molar-refractivity contribution in [1.29, 1.82) is 0 Å². The molecule has 31 heavy (non-hydrogen) atoms. The zero-order chi connectivity index (χ0) is 22.4. The molecule has 0 aliphatic rings. The third kappa shape index (κ3) is 5.72. The second-order valence-electron chi connectivity index (χ2n) is 7.36. The predicted molar refractivity (Wildman–Crippen MR) is 117 cm³/mol. The Kier molecular flexibility index (Phi) is 7.07. The third-order valence-electron chi connectivity index (χ3n) is 5.05. The van der Waals surface area contributed by atoms with Crippen molar-refractivity contribution in [2.24, 2.45) is 0 Å². The number of carbonyl (C=O) groups excluding carboxylic acids is 2. The van der Waals surface area contributed by atoms with E-state index < -0.39 is 12.0 Å². The number of nitrogens with one attached hydrogen (secondary N) is 1. The fourth-order valence-corrected chi connectivity index (χ4v) is 3.40. The number of aromatic nitrogens is 2. The summed E-state index contributed by atoms with van der Waals surface area (Å²) >= 11 is 0. The SMILES string of the molecule is COC(=O)CC(NC(=O)c1cccc(Cn2nc(C)cc2C)c1)c1ccc(OC)cc1. The second-order valence-corrected chi connectivity index (χ2v) is 7.36. The number of nitrogens with zero attached hydrogens (tertiary/aromatic N) is 2. The maximum Gasteiger partial charge on any atom is 0.307 e. The number of amides is 1. The first-order valence-electron chi connectivity index (χ1n) is 10.0. The zero-order valence-corrected chi connectivity index (χ0v) is 18.2. The molecular weight excluding hydrogens is 394 g/mol. The molecule has 0 bridgehead atoms. The van der Waals surface area contributed by atoms with Gasteiger partial charge in [-0.25, -0.2) is 0 Å². The van der Waals surface area contributed by atoms with E-state index in [9.17, 15) is 9.59 Å². The molecule has 1 atom stereocenters. The quantitative estimate of drug-likeness (QED) is 0.562. The van der Waals surface area contributed by atoms with Crippen molar-refractivity contribution in [3.8, 4) is 5.75 Å². The van der Waals surface area contributed by atoms with Crippen molar-refractivity contribution >= 4 is 11.9 Å². The predicted octanol–water partition coefficient (Wildman–Crippen LogP) is 3.59. The Bertz CT molecular complexity index is 1060. The van der Waals surface area contributed by atoms with Crippen LogP contribution in [0.3, 0.4) is 0 Å². The molecule has 0 aliphatic carbocycles. The van der Waals surface area contributed by atoms with Crippen LogP contribution >= 0.6 is 0 Å². The topological polar surface area (TPSA) is 82.5 Å². The Balaban J connectivity index is 1.78. The molecule has 0 saturated carbocycles. The fourth-order valence-electron chi connectivity index (χ4n) is 3.40. The summed E-state index contributed by atoms with van der Waals surface area (Å²) in [7, 11) is 2.92. The van der Waals surface area contributed by atoms with Gasteiger partial charge in [-0.15, -0.1) is 0 Å². The lowest BCUT2D eigenvalue weighted by molar-refractivity contribution is -0.141.